The highest BCUT2D eigenvalue weighted by Gasteiger charge is 2.16. The van der Waals surface area contributed by atoms with Crippen molar-refractivity contribution in [3.05, 3.63) is 18.2 Å². The van der Waals surface area contributed by atoms with Crippen LogP contribution in [0.3, 0.4) is 0 Å². The monoisotopic (exact) mass is 276 g/mol. The van der Waals surface area contributed by atoms with Gasteiger partial charge >= 0.3 is 0 Å². The molecule has 0 saturated heterocycles. The molecule has 0 amide bonds. The molecule has 112 valence electrons. The summed E-state index contributed by atoms with van der Waals surface area (Å²) in [6.07, 6.45) is 6.65. The van der Waals surface area contributed by atoms with Crippen LogP contribution in [-0.4, -0.2) is 12.1 Å². The van der Waals surface area contributed by atoms with E-state index in [-0.39, 0.29) is 6.10 Å². The Kier molecular flexibility index (Phi) is 5.16. The van der Waals surface area contributed by atoms with Crippen LogP contribution >= 0.6 is 0 Å². The van der Waals surface area contributed by atoms with E-state index in [1.54, 1.807) is 0 Å². The van der Waals surface area contributed by atoms with Crippen molar-refractivity contribution >= 4 is 11.4 Å². The summed E-state index contributed by atoms with van der Waals surface area (Å²) in [5, 5.41) is 3.64. The minimum atomic E-state index is 0.170. The highest BCUT2D eigenvalue weighted by Crippen LogP contribution is 2.28. The Hall–Kier alpha value is -1.38. The van der Waals surface area contributed by atoms with E-state index in [0.717, 1.165) is 23.0 Å². The summed E-state index contributed by atoms with van der Waals surface area (Å²) in [6, 6.07) is 6.51. The molecule has 1 fully saturated rings. The summed E-state index contributed by atoms with van der Waals surface area (Å²) in [5.74, 6) is 1.71. The second-order valence-corrected chi connectivity index (χ2v) is 6.41. The number of rotatable bonds is 4. The first-order valence-electron chi connectivity index (χ1n) is 7.86. The van der Waals surface area contributed by atoms with Crippen molar-refractivity contribution in [2.45, 2.75) is 65.0 Å². The number of benzene rings is 1. The molecule has 3 heteroatoms. The fourth-order valence-electron chi connectivity index (χ4n) is 2.91. The first-order valence-corrected chi connectivity index (χ1v) is 7.86. The highest BCUT2D eigenvalue weighted by molar-refractivity contribution is 5.59. The van der Waals surface area contributed by atoms with E-state index in [4.69, 9.17) is 10.5 Å². The van der Waals surface area contributed by atoms with E-state index in [2.05, 4.69) is 18.3 Å². The van der Waals surface area contributed by atoms with Gasteiger partial charge in [-0.2, -0.15) is 0 Å². The highest BCUT2D eigenvalue weighted by atomic mass is 16.5. The number of nitrogens with one attached hydrogen (secondary N) is 1. The fourth-order valence-corrected chi connectivity index (χ4v) is 2.91. The van der Waals surface area contributed by atoms with Gasteiger partial charge in [0, 0.05) is 29.5 Å². The molecule has 2 rings (SSSR count). The normalized spacial score (nSPS) is 23.4. The SMILES string of the molecule is CC1CCCC(Nc2cc(N)cc(OC(C)C)c2)CC1. The summed E-state index contributed by atoms with van der Waals surface area (Å²) < 4.78 is 5.75. The van der Waals surface area contributed by atoms with Gasteiger partial charge in [0.05, 0.1) is 6.10 Å². The summed E-state index contributed by atoms with van der Waals surface area (Å²) in [6.45, 7) is 6.42. The Labute approximate surface area is 122 Å². The lowest BCUT2D eigenvalue weighted by Crippen LogP contribution is -2.18. The zero-order valence-electron chi connectivity index (χ0n) is 13.0. The molecule has 0 aliphatic heterocycles. The van der Waals surface area contributed by atoms with Crippen LogP contribution in [0.15, 0.2) is 18.2 Å². The van der Waals surface area contributed by atoms with Crippen LogP contribution < -0.4 is 15.8 Å². The van der Waals surface area contributed by atoms with Crippen LogP contribution in [0.5, 0.6) is 5.75 Å². The van der Waals surface area contributed by atoms with Crippen molar-refractivity contribution in [2.24, 2.45) is 5.92 Å². The molecule has 1 aliphatic carbocycles. The van der Waals surface area contributed by atoms with Gasteiger partial charge in [-0.15, -0.1) is 0 Å². The smallest absolute Gasteiger partial charge is 0.123 e. The van der Waals surface area contributed by atoms with Gasteiger partial charge in [-0.05, 0) is 45.1 Å². The number of nitrogens with two attached hydrogens (primary N) is 1. The molecular formula is C17H28N2O. The van der Waals surface area contributed by atoms with E-state index in [0.29, 0.717) is 6.04 Å². The topological polar surface area (TPSA) is 47.3 Å². The fraction of sp³-hybridized carbons (Fsp3) is 0.647. The molecule has 1 saturated carbocycles. The van der Waals surface area contributed by atoms with Gasteiger partial charge < -0.3 is 15.8 Å². The van der Waals surface area contributed by atoms with Gasteiger partial charge in [-0.3, -0.25) is 0 Å². The maximum atomic E-state index is 5.97. The lowest BCUT2D eigenvalue weighted by atomic mass is 10.0. The van der Waals surface area contributed by atoms with Crippen LogP contribution in [0.1, 0.15) is 52.9 Å². The van der Waals surface area contributed by atoms with Crippen molar-refractivity contribution in [2.75, 3.05) is 11.1 Å². The molecule has 0 radical (unpaired) electrons. The molecule has 3 N–H and O–H groups in total. The molecule has 0 aromatic heterocycles. The zero-order chi connectivity index (χ0) is 14.5. The molecule has 0 heterocycles. The Balaban J connectivity index is 2.02. The van der Waals surface area contributed by atoms with Crippen molar-refractivity contribution in [3.63, 3.8) is 0 Å². The predicted molar refractivity (Wildman–Crippen MR) is 86.3 cm³/mol. The lowest BCUT2D eigenvalue weighted by Gasteiger charge is -2.19. The molecular weight excluding hydrogens is 248 g/mol. The minimum Gasteiger partial charge on any atom is -0.491 e. The van der Waals surface area contributed by atoms with Crippen LogP contribution in [0.4, 0.5) is 11.4 Å². The van der Waals surface area contributed by atoms with Crippen molar-refractivity contribution in [1.82, 2.24) is 0 Å². The Morgan fingerprint density at radius 2 is 1.95 bits per heavy atom. The lowest BCUT2D eigenvalue weighted by molar-refractivity contribution is 0.242. The van der Waals surface area contributed by atoms with Gasteiger partial charge in [-0.1, -0.05) is 19.8 Å². The van der Waals surface area contributed by atoms with Crippen LogP contribution in [0, 0.1) is 5.92 Å². The molecule has 1 aromatic carbocycles. The third-order valence-electron chi connectivity index (χ3n) is 3.93. The average Bonchev–Trinajstić information content (AvgIpc) is 2.53. The van der Waals surface area contributed by atoms with Crippen LogP contribution in [0.2, 0.25) is 0 Å². The average molecular weight is 276 g/mol. The number of ether oxygens (including phenoxy) is 1. The van der Waals surface area contributed by atoms with Gasteiger partial charge in [0.25, 0.3) is 0 Å². The number of nitrogen functional groups attached to an aromatic ring is 1. The summed E-state index contributed by atoms with van der Waals surface area (Å²) in [4.78, 5) is 0. The van der Waals surface area contributed by atoms with Gasteiger partial charge in [0.2, 0.25) is 0 Å². The van der Waals surface area contributed by atoms with Crippen LogP contribution in [-0.2, 0) is 0 Å². The predicted octanol–water partition coefficient (Wildman–Crippen LogP) is 4.44. The van der Waals surface area contributed by atoms with E-state index in [1.165, 1.54) is 32.1 Å². The van der Waals surface area contributed by atoms with E-state index < -0.39 is 0 Å². The second-order valence-electron chi connectivity index (χ2n) is 6.41. The van der Waals surface area contributed by atoms with Gasteiger partial charge in [0.1, 0.15) is 5.75 Å². The van der Waals surface area contributed by atoms with Crippen molar-refractivity contribution in [3.8, 4) is 5.75 Å². The quantitative estimate of drug-likeness (QED) is 0.631. The summed E-state index contributed by atoms with van der Waals surface area (Å²) in [5.41, 5.74) is 7.81. The van der Waals surface area contributed by atoms with Gasteiger partial charge in [0.15, 0.2) is 0 Å². The molecule has 1 aliphatic rings. The minimum absolute atomic E-state index is 0.170. The van der Waals surface area contributed by atoms with Crippen molar-refractivity contribution in [1.29, 1.82) is 0 Å². The Morgan fingerprint density at radius 3 is 2.70 bits per heavy atom. The molecule has 3 nitrogen and oxygen atoms in total. The maximum Gasteiger partial charge on any atom is 0.123 e. The molecule has 2 unspecified atom stereocenters. The maximum absolute atomic E-state index is 5.97. The van der Waals surface area contributed by atoms with Crippen molar-refractivity contribution < 1.29 is 4.74 Å². The van der Waals surface area contributed by atoms with E-state index in [1.807, 2.05) is 26.0 Å². The van der Waals surface area contributed by atoms with Gasteiger partial charge in [-0.25, -0.2) is 0 Å². The summed E-state index contributed by atoms with van der Waals surface area (Å²) in [7, 11) is 0. The third-order valence-corrected chi connectivity index (χ3v) is 3.93. The first kappa shape index (κ1) is 15.0. The number of anilines is 2. The molecule has 2 atom stereocenters. The molecule has 0 spiro atoms. The van der Waals surface area contributed by atoms with Crippen LogP contribution in [0.25, 0.3) is 0 Å². The van der Waals surface area contributed by atoms with E-state index >= 15 is 0 Å². The molecule has 0 bridgehead atoms. The second kappa shape index (κ2) is 6.87. The number of hydrogen-bond donors (Lipinski definition) is 2. The zero-order valence-corrected chi connectivity index (χ0v) is 13.0. The molecule has 20 heavy (non-hydrogen) atoms. The standard InChI is InChI=1S/C17H28N2O/c1-12(2)20-17-10-14(18)9-16(11-17)19-15-6-4-5-13(3)7-8-15/h9-13,15,19H,4-8,18H2,1-3H3. The Morgan fingerprint density at radius 1 is 1.15 bits per heavy atom. The Bertz CT molecular complexity index is 431. The number of hydrogen-bond acceptors (Lipinski definition) is 3. The summed E-state index contributed by atoms with van der Waals surface area (Å²) >= 11 is 0. The third kappa shape index (κ3) is 4.62. The van der Waals surface area contributed by atoms with E-state index in [9.17, 15) is 0 Å². The first-order chi connectivity index (χ1) is 9.52. The largest absolute Gasteiger partial charge is 0.491 e. The molecule has 1 aromatic rings.